The summed E-state index contributed by atoms with van der Waals surface area (Å²) in [6.07, 6.45) is 0. The molecule has 3 nitrogen and oxygen atoms in total. The first-order chi connectivity index (χ1) is 6.83. The maximum absolute atomic E-state index is 10.9. The molecule has 0 radical (unpaired) electrons. The molecule has 15 heavy (non-hydrogen) atoms. The lowest BCUT2D eigenvalue weighted by Crippen LogP contribution is -2.38. The molecule has 0 aliphatic rings. The Morgan fingerprint density at radius 1 is 1.47 bits per heavy atom. The minimum absolute atomic E-state index is 0.605. The standard InChI is InChI=1S/C11H15O3P/c1-7-6-8(15)4-5-9(7)14-11(2,3)10(12)13/h4-6H,15H2,1-3H3,(H,12,13). The molecule has 0 saturated carbocycles. The van der Waals surface area contributed by atoms with Gasteiger partial charge >= 0.3 is 5.97 Å². The van der Waals surface area contributed by atoms with Crippen molar-refractivity contribution in [3.63, 3.8) is 0 Å². The molecule has 0 bridgehead atoms. The summed E-state index contributed by atoms with van der Waals surface area (Å²) in [6, 6.07) is 5.57. The molecule has 82 valence electrons. The van der Waals surface area contributed by atoms with Gasteiger partial charge in [0.2, 0.25) is 0 Å². The van der Waals surface area contributed by atoms with E-state index in [9.17, 15) is 4.79 Å². The van der Waals surface area contributed by atoms with Crippen LogP contribution in [0.5, 0.6) is 5.75 Å². The highest BCUT2D eigenvalue weighted by molar-refractivity contribution is 7.27. The SMILES string of the molecule is Cc1cc(P)ccc1OC(C)(C)C(=O)O. The Morgan fingerprint density at radius 3 is 2.53 bits per heavy atom. The third kappa shape index (κ3) is 2.93. The van der Waals surface area contributed by atoms with Gasteiger partial charge in [-0.1, -0.05) is 6.07 Å². The van der Waals surface area contributed by atoms with Gasteiger partial charge in [0.25, 0.3) is 0 Å². The molecule has 1 unspecified atom stereocenters. The summed E-state index contributed by atoms with van der Waals surface area (Å²) in [4.78, 5) is 10.9. The average molecular weight is 226 g/mol. The van der Waals surface area contributed by atoms with Gasteiger partial charge in [0, 0.05) is 0 Å². The van der Waals surface area contributed by atoms with Crippen molar-refractivity contribution in [2.24, 2.45) is 0 Å². The number of aryl methyl sites for hydroxylation is 1. The molecule has 0 aromatic heterocycles. The van der Waals surface area contributed by atoms with E-state index >= 15 is 0 Å². The Morgan fingerprint density at radius 2 is 2.07 bits per heavy atom. The first kappa shape index (κ1) is 12.0. The van der Waals surface area contributed by atoms with Gasteiger partial charge in [-0.3, -0.25) is 0 Å². The Hall–Kier alpha value is -1.08. The molecule has 0 heterocycles. The van der Waals surface area contributed by atoms with E-state index in [1.165, 1.54) is 13.8 Å². The number of carbonyl (C=O) groups is 1. The first-order valence-corrected chi connectivity index (χ1v) is 5.19. The van der Waals surface area contributed by atoms with E-state index < -0.39 is 11.6 Å². The summed E-state index contributed by atoms with van der Waals surface area (Å²) in [5.74, 6) is -0.370. The summed E-state index contributed by atoms with van der Waals surface area (Å²) in [7, 11) is 2.58. The second-order valence-electron chi connectivity index (χ2n) is 3.94. The van der Waals surface area contributed by atoms with Gasteiger partial charge in [0.1, 0.15) is 5.75 Å². The van der Waals surface area contributed by atoms with Gasteiger partial charge in [0.05, 0.1) is 0 Å². The Kier molecular flexibility index (Phi) is 3.35. The van der Waals surface area contributed by atoms with E-state index in [2.05, 4.69) is 9.24 Å². The second-order valence-corrected chi connectivity index (χ2v) is 4.61. The van der Waals surface area contributed by atoms with Gasteiger partial charge in [-0.15, -0.1) is 9.24 Å². The zero-order chi connectivity index (χ0) is 11.6. The topological polar surface area (TPSA) is 46.5 Å². The summed E-state index contributed by atoms with van der Waals surface area (Å²) in [5.41, 5.74) is -0.274. The van der Waals surface area contributed by atoms with Gasteiger partial charge in [-0.05, 0) is 43.8 Å². The van der Waals surface area contributed by atoms with Gasteiger partial charge in [-0.2, -0.15) is 0 Å². The number of hydrogen-bond donors (Lipinski definition) is 1. The van der Waals surface area contributed by atoms with E-state index in [4.69, 9.17) is 9.84 Å². The number of carboxylic acid groups (broad SMARTS) is 1. The predicted molar refractivity (Wildman–Crippen MR) is 62.9 cm³/mol. The lowest BCUT2D eigenvalue weighted by molar-refractivity contribution is -0.152. The third-order valence-electron chi connectivity index (χ3n) is 2.08. The normalized spacial score (nSPS) is 11.2. The maximum Gasteiger partial charge on any atom is 0.347 e. The van der Waals surface area contributed by atoms with Crippen LogP contribution in [-0.4, -0.2) is 16.7 Å². The molecule has 1 atom stereocenters. The van der Waals surface area contributed by atoms with Gasteiger partial charge in [-0.25, -0.2) is 4.79 Å². The van der Waals surface area contributed by atoms with Crippen LogP contribution in [0.1, 0.15) is 19.4 Å². The van der Waals surface area contributed by atoms with Crippen molar-refractivity contribution in [1.29, 1.82) is 0 Å². The van der Waals surface area contributed by atoms with Crippen LogP contribution in [0.15, 0.2) is 18.2 Å². The van der Waals surface area contributed by atoms with Gasteiger partial charge < -0.3 is 9.84 Å². The van der Waals surface area contributed by atoms with Crippen LogP contribution in [0.3, 0.4) is 0 Å². The van der Waals surface area contributed by atoms with E-state index in [0.29, 0.717) is 5.75 Å². The van der Waals surface area contributed by atoms with Crippen LogP contribution in [0.2, 0.25) is 0 Å². The van der Waals surface area contributed by atoms with E-state index in [1.54, 1.807) is 6.07 Å². The number of rotatable bonds is 3. The lowest BCUT2D eigenvalue weighted by Gasteiger charge is -2.22. The molecule has 4 heteroatoms. The Bertz CT molecular complexity index is 385. The average Bonchev–Trinajstić information content (AvgIpc) is 2.09. The molecule has 1 aromatic rings. The highest BCUT2D eigenvalue weighted by Crippen LogP contribution is 2.22. The van der Waals surface area contributed by atoms with E-state index in [1.807, 2.05) is 19.1 Å². The largest absolute Gasteiger partial charge is 0.478 e. The molecule has 0 aliphatic heterocycles. The maximum atomic E-state index is 10.9. The fourth-order valence-electron chi connectivity index (χ4n) is 1.11. The first-order valence-electron chi connectivity index (χ1n) is 4.61. The molecule has 0 fully saturated rings. The molecular formula is C11H15O3P. The summed E-state index contributed by atoms with van der Waals surface area (Å²) in [5, 5.41) is 9.97. The van der Waals surface area contributed by atoms with Crippen LogP contribution in [0.25, 0.3) is 0 Å². The quantitative estimate of drug-likeness (QED) is 0.798. The van der Waals surface area contributed by atoms with Crippen LogP contribution in [0, 0.1) is 6.92 Å². The fourth-order valence-corrected chi connectivity index (χ4v) is 1.45. The van der Waals surface area contributed by atoms with Crippen molar-refractivity contribution >= 4 is 20.5 Å². The minimum atomic E-state index is -1.20. The number of ether oxygens (including phenoxy) is 1. The zero-order valence-electron chi connectivity index (χ0n) is 9.07. The highest BCUT2D eigenvalue weighted by atomic mass is 31.0. The molecule has 0 spiro atoms. The van der Waals surface area contributed by atoms with Crippen molar-refractivity contribution < 1.29 is 14.6 Å². The monoisotopic (exact) mass is 226 g/mol. The van der Waals surface area contributed by atoms with E-state index in [-0.39, 0.29) is 0 Å². The molecule has 0 aliphatic carbocycles. The number of hydrogen-bond acceptors (Lipinski definition) is 2. The van der Waals surface area contributed by atoms with Crippen LogP contribution < -0.4 is 10.0 Å². The van der Waals surface area contributed by atoms with Crippen LogP contribution >= 0.6 is 9.24 Å². The molecule has 1 N–H and O–H groups in total. The van der Waals surface area contributed by atoms with Gasteiger partial charge in [0.15, 0.2) is 5.60 Å². The Balaban J connectivity index is 2.95. The lowest BCUT2D eigenvalue weighted by atomic mass is 10.1. The Labute approximate surface area is 91.7 Å². The molecule has 1 rings (SSSR count). The van der Waals surface area contributed by atoms with Crippen molar-refractivity contribution in [2.75, 3.05) is 0 Å². The third-order valence-corrected chi connectivity index (χ3v) is 2.44. The van der Waals surface area contributed by atoms with Crippen molar-refractivity contribution in [3.8, 4) is 5.75 Å². The summed E-state index contributed by atoms with van der Waals surface area (Å²) >= 11 is 0. The summed E-state index contributed by atoms with van der Waals surface area (Å²) < 4.78 is 5.44. The fraction of sp³-hybridized carbons (Fsp3) is 0.364. The molecular weight excluding hydrogens is 211 g/mol. The van der Waals surface area contributed by atoms with E-state index in [0.717, 1.165) is 10.9 Å². The van der Waals surface area contributed by atoms with Crippen LogP contribution in [-0.2, 0) is 4.79 Å². The van der Waals surface area contributed by atoms with Crippen molar-refractivity contribution in [3.05, 3.63) is 23.8 Å². The van der Waals surface area contributed by atoms with Crippen molar-refractivity contribution in [2.45, 2.75) is 26.4 Å². The number of aliphatic carboxylic acids is 1. The number of carboxylic acids is 1. The molecule has 0 saturated heterocycles. The highest BCUT2D eigenvalue weighted by Gasteiger charge is 2.29. The molecule has 1 aromatic carbocycles. The predicted octanol–water partition coefficient (Wildman–Crippen LogP) is 1.74. The van der Waals surface area contributed by atoms with Crippen molar-refractivity contribution in [1.82, 2.24) is 0 Å². The number of benzene rings is 1. The smallest absolute Gasteiger partial charge is 0.347 e. The zero-order valence-corrected chi connectivity index (χ0v) is 10.2. The second kappa shape index (κ2) is 4.19. The molecule has 0 amide bonds. The van der Waals surface area contributed by atoms with Crippen LogP contribution in [0.4, 0.5) is 0 Å². The summed E-state index contributed by atoms with van der Waals surface area (Å²) in [6.45, 7) is 4.95. The minimum Gasteiger partial charge on any atom is -0.478 e.